The summed E-state index contributed by atoms with van der Waals surface area (Å²) in [6.07, 6.45) is 5.03. The molecule has 2 atom stereocenters. The number of hydrogen-bond donors (Lipinski definition) is 0. The zero-order valence-corrected chi connectivity index (χ0v) is 31.5. The summed E-state index contributed by atoms with van der Waals surface area (Å²) in [5.41, 5.74) is -2.32. The number of nitro benzene ring substituents is 2. The van der Waals surface area contributed by atoms with Crippen LogP contribution in [0.2, 0.25) is 10.0 Å². The van der Waals surface area contributed by atoms with Crippen LogP contribution in [-0.2, 0) is 36.6 Å². The first kappa shape index (κ1) is 43.7. The van der Waals surface area contributed by atoms with Gasteiger partial charge in [-0.15, -0.1) is 0 Å². The summed E-state index contributed by atoms with van der Waals surface area (Å²) in [5, 5.41) is 23.2. The van der Waals surface area contributed by atoms with Crippen molar-refractivity contribution >= 4 is 46.5 Å². The molecule has 2 rings (SSSR count). The zero-order chi connectivity index (χ0) is 38.5. The molecule has 0 bridgehead atoms. The highest BCUT2D eigenvalue weighted by molar-refractivity contribution is 6.31. The Morgan fingerprint density at radius 3 is 1.35 bits per heavy atom. The molecule has 15 heteroatoms. The maximum absolute atomic E-state index is 14.7. The smallest absolute Gasteiger partial charge is 0.302 e. The number of carbonyl (C=O) groups excluding carboxylic acids is 2. The lowest BCUT2D eigenvalue weighted by atomic mass is 9.77. The van der Waals surface area contributed by atoms with E-state index in [0.29, 0.717) is 51.4 Å². The van der Waals surface area contributed by atoms with Gasteiger partial charge in [0.25, 0.3) is 11.4 Å². The van der Waals surface area contributed by atoms with E-state index in [1.54, 1.807) is 0 Å². The summed E-state index contributed by atoms with van der Waals surface area (Å²) in [7, 11) is 0. The highest BCUT2D eigenvalue weighted by atomic mass is 35.5. The first-order valence-electron chi connectivity index (χ1n) is 17.0. The summed E-state index contributed by atoms with van der Waals surface area (Å²) in [5.74, 6) is -3.13. The minimum absolute atomic E-state index is 0.0755. The van der Waals surface area contributed by atoms with Crippen molar-refractivity contribution in [3.63, 3.8) is 0 Å². The van der Waals surface area contributed by atoms with E-state index in [2.05, 4.69) is 0 Å². The summed E-state index contributed by atoms with van der Waals surface area (Å²) in [6, 6.07) is 4.14. The Hall–Kier alpha value is -3.42. The number of unbranched alkanes of at least 4 members (excludes halogenated alkanes) is 4. The van der Waals surface area contributed by atoms with Gasteiger partial charge in [-0.25, -0.2) is 8.78 Å². The van der Waals surface area contributed by atoms with Gasteiger partial charge in [0, 0.05) is 37.1 Å². The Labute approximate surface area is 307 Å². The van der Waals surface area contributed by atoms with Crippen LogP contribution in [0, 0.1) is 43.7 Å². The molecule has 2 aromatic carbocycles. The van der Waals surface area contributed by atoms with Gasteiger partial charge in [-0.05, 0) is 90.2 Å². The van der Waals surface area contributed by atoms with Crippen molar-refractivity contribution in [2.24, 2.45) is 11.8 Å². The number of benzene rings is 2. The van der Waals surface area contributed by atoms with Crippen LogP contribution in [0.25, 0.3) is 0 Å². The Bertz CT molecular complexity index is 1430. The molecule has 0 heterocycles. The number of nitrogens with zero attached hydrogens (tertiary/aromatic N) is 2. The van der Waals surface area contributed by atoms with Crippen LogP contribution in [0.5, 0.6) is 0 Å². The van der Waals surface area contributed by atoms with Gasteiger partial charge in [0.15, 0.2) is 0 Å². The van der Waals surface area contributed by atoms with Gasteiger partial charge in [0.1, 0.15) is 11.6 Å². The lowest BCUT2D eigenvalue weighted by molar-refractivity contribution is -0.385. The van der Waals surface area contributed by atoms with Crippen LogP contribution in [0.3, 0.4) is 0 Å². The molecule has 0 N–H and O–H groups in total. The Morgan fingerprint density at radius 2 is 1.04 bits per heavy atom. The lowest BCUT2D eigenvalue weighted by Gasteiger charge is -2.45. The summed E-state index contributed by atoms with van der Waals surface area (Å²) in [4.78, 5) is 45.0. The predicted octanol–water partition coefficient (Wildman–Crippen LogP) is 9.93. The van der Waals surface area contributed by atoms with Gasteiger partial charge in [-0.1, -0.05) is 48.9 Å². The largest absolute Gasteiger partial charge is 0.466 e. The molecule has 0 saturated carbocycles. The van der Waals surface area contributed by atoms with Crippen LogP contribution in [-0.4, -0.2) is 46.2 Å². The molecule has 0 aliphatic heterocycles. The number of esters is 2. The summed E-state index contributed by atoms with van der Waals surface area (Å²) >= 11 is 11.8. The standard InChI is InChI=1S/C36H48Cl2F2N2O9/c1-23(43)49-15-11-7-9-13-27(17-25-19-31(39)29(37)21-33(25)41(45)46)35(3,4)51-36(5,6)28(14-10-8-12-16-50-24(2)44)18-26-20-32(40)30(38)22-34(26)42(47)48/h19-22,27-28H,7-18H2,1-6H3. The minimum Gasteiger partial charge on any atom is -0.466 e. The van der Waals surface area contributed by atoms with Gasteiger partial charge in [0.05, 0.1) is 44.3 Å². The van der Waals surface area contributed by atoms with Gasteiger partial charge in [-0.2, -0.15) is 0 Å². The quantitative estimate of drug-likeness (QED) is 0.0495. The molecule has 0 spiro atoms. The maximum atomic E-state index is 14.7. The van der Waals surface area contributed by atoms with Crippen molar-refractivity contribution in [1.82, 2.24) is 0 Å². The fraction of sp³-hybridized carbons (Fsp3) is 0.611. The normalized spacial score (nSPS) is 13.1. The van der Waals surface area contributed by atoms with Crippen molar-refractivity contribution in [3.8, 4) is 0 Å². The molecule has 2 unspecified atom stereocenters. The van der Waals surface area contributed by atoms with E-state index in [9.17, 15) is 38.6 Å². The molecule has 0 aliphatic rings. The minimum atomic E-state index is -0.992. The molecule has 0 aliphatic carbocycles. The maximum Gasteiger partial charge on any atom is 0.302 e. The van der Waals surface area contributed by atoms with Crippen molar-refractivity contribution < 1.29 is 42.4 Å². The summed E-state index contributed by atoms with van der Waals surface area (Å²) < 4.78 is 46.3. The van der Waals surface area contributed by atoms with Crippen molar-refractivity contribution in [2.45, 2.75) is 117 Å². The fourth-order valence-corrected chi connectivity index (χ4v) is 6.68. The molecule has 0 fully saturated rings. The number of nitro groups is 2. The molecular weight excluding hydrogens is 713 g/mol. The van der Waals surface area contributed by atoms with Crippen LogP contribution in [0.1, 0.15) is 104 Å². The zero-order valence-electron chi connectivity index (χ0n) is 30.0. The second kappa shape index (κ2) is 20.0. The van der Waals surface area contributed by atoms with Gasteiger partial charge >= 0.3 is 11.9 Å². The first-order valence-corrected chi connectivity index (χ1v) is 17.7. The van der Waals surface area contributed by atoms with Crippen LogP contribution in [0.4, 0.5) is 20.2 Å². The predicted molar refractivity (Wildman–Crippen MR) is 190 cm³/mol. The average Bonchev–Trinajstić information content (AvgIpc) is 3.01. The third kappa shape index (κ3) is 14.3. The van der Waals surface area contributed by atoms with Gasteiger partial charge in [0.2, 0.25) is 0 Å². The molecule has 11 nitrogen and oxygen atoms in total. The van der Waals surface area contributed by atoms with Gasteiger partial charge in [-0.3, -0.25) is 29.8 Å². The lowest BCUT2D eigenvalue weighted by Crippen LogP contribution is -2.47. The van der Waals surface area contributed by atoms with E-state index in [0.717, 1.165) is 24.3 Å². The van der Waals surface area contributed by atoms with E-state index < -0.39 is 44.5 Å². The monoisotopic (exact) mass is 760 g/mol. The first-order chi connectivity index (χ1) is 23.7. The van der Waals surface area contributed by atoms with Crippen LogP contribution < -0.4 is 0 Å². The van der Waals surface area contributed by atoms with E-state index in [1.165, 1.54) is 13.8 Å². The molecule has 2 aromatic rings. The van der Waals surface area contributed by atoms with E-state index >= 15 is 0 Å². The topological polar surface area (TPSA) is 148 Å². The van der Waals surface area contributed by atoms with E-state index in [-0.39, 0.29) is 70.5 Å². The molecule has 284 valence electrons. The second-order valence-electron chi connectivity index (χ2n) is 13.8. The Morgan fingerprint density at radius 1 is 0.686 bits per heavy atom. The number of halogens is 4. The number of rotatable bonds is 22. The van der Waals surface area contributed by atoms with Crippen molar-refractivity contribution in [3.05, 3.63) is 77.3 Å². The Kier molecular flexibility index (Phi) is 17.1. The molecule has 0 aromatic heterocycles. The molecule has 51 heavy (non-hydrogen) atoms. The highest BCUT2D eigenvalue weighted by Gasteiger charge is 2.41. The van der Waals surface area contributed by atoms with E-state index in [4.69, 9.17) is 37.4 Å². The van der Waals surface area contributed by atoms with Gasteiger partial charge < -0.3 is 14.2 Å². The summed E-state index contributed by atoms with van der Waals surface area (Å²) in [6.45, 7) is 10.5. The average molecular weight is 762 g/mol. The van der Waals surface area contributed by atoms with Crippen molar-refractivity contribution in [1.29, 1.82) is 0 Å². The molecular formula is C36H48Cl2F2N2O9. The fourth-order valence-electron chi connectivity index (χ4n) is 6.36. The highest BCUT2D eigenvalue weighted by Crippen LogP contribution is 2.41. The number of carbonyl (C=O) groups is 2. The van der Waals surface area contributed by atoms with E-state index in [1.807, 2.05) is 27.7 Å². The van der Waals surface area contributed by atoms with Crippen molar-refractivity contribution in [2.75, 3.05) is 13.2 Å². The third-order valence-electron chi connectivity index (χ3n) is 9.07. The number of hydrogen-bond acceptors (Lipinski definition) is 9. The molecule has 0 radical (unpaired) electrons. The molecule has 0 saturated heterocycles. The van der Waals surface area contributed by atoms with Crippen LogP contribution in [0.15, 0.2) is 24.3 Å². The Balaban J connectivity index is 2.46. The molecule has 0 amide bonds. The SMILES string of the molecule is CC(=O)OCCCCCC(Cc1cc(F)c(Cl)cc1[N+](=O)[O-])C(C)(C)OC(C)(C)C(CCCCCOC(C)=O)Cc1cc(F)c(Cl)cc1[N+](=O)[O-]. The third-order valence-corrected chi connectivity index (χ3v) is 9.65. The number of ether oxygens (including phenoxy) is 3. The second-order valence-corrected chi connectivity index (χ2v) is 14.6. The van der Waals surface area contributed by atoms with Crippen LogP contribution >= 0.6 is 23.2 Å².